The summed E-state index contributed by atoms with van der Waals surface area (Å²) in [7, 11) is 1.30. The smallest absolute Gasteiger partial charge is 0.307 e. The van der Waals surface area contributed by atoms with Crippen LogP contribution in [-0.2, 0) is 33.4 Å². The molecule has 0 aromatic carbocycles. The van der Waals surface area contributed by atoms with Crippen molar-refractivity contribution in [2.75, 3.05) is 7.11 Å². The standard InChI is InChI=1S/C29H36O9/c1-15(30)37-25-26(2,3)20(12-21(31)35-6)28(5)18-7-9-27(4)19(17(18)13-29(25,34)24(28)33)11-22(32)38-23(27)16-8-10-36-14-16/h8,10,13-14,18-20,23,25,34H,7,9,11-12H2,1-6H3/t18-,19+,20-,23-,25+,27+,28+,29-/m0/s1. The molecule has 2 saturated carbocycles. The number of esters is 3. The molecule has 0 radical (unpaired) electrons. The normalized spacial score (nSPS) is 41.2. The van der Waals surface area contributed by atoms with E-state index in [1.807, 2.05) is 20.8 Å². The highest BCUT2D eigenvalue weighted by Gasteiger charge is 2.73. The third-order valence-electron chi connectivity index (χ3n) is 10.2. The first-order valence-electron chi connectivity index (χ1n) is 13.2. The lowest BCUT2D eigenvalue weighted by Gasteiger charge is -2.65. The van der Waals surface area contributed by atoms with Gasteiger partial charge in [0.25, 0.3) is 0 Å². The second-order valence-electron chi connectivity index (χ2n) is 12.5. The van der Waals surface area contributed by atoms with Crippen LogP contribution in [0.25, 0.3) is 0 Å². The van der Waals surface area contributed by atoms with Crippen LogP contribution in [0.5, 0.6) is 0 Å². The first-order chi connectivity index (χ1) is 17.7. The minimum Gasteiger partial charge on any atom is -0.472 e. The highest BCUT2D eigenvalue weighted by Crippen LogP contribution is 2.68. The largest absolute Gasteiger partial charge is 0.472 e. The van der Waals surface area contributed by atoms with E-state index in [2.05, 4.69) is 6.92 Å². The molecule has 4 aliphatic rings. The molecule has 1 aliphatic heterocycles. The van der Waals surface area contributed by atoms with E-state index in [1.54, 1.807) is 18.4 Å². The summed E-state index contributed by atoms with van der Waals surface area (Å²) in [6, 6.07) is 1.78. The van der Waals surface area contributed by atoms with Gasteiger partial charge >= 0.3 is 17.9 Å². The molecular weight excluding hydrogens is 492 g/mol. The van der Waals surface area contributed by atoms with Gasteiger partial charge in [0, 0.05) is 35.2 Å². The lowest BCUT2D eigenvalue weighted by molar-refractivity contribution is -0.224. The Labute approximate surface area is 221 Å². The molecule has 5 rings (SSSR count). The summed E-state index contributed by atoms with van der Waals surface area (Å²) in [5.41, 5.74) is -3.22. The lowest BCUT2D eigenvalue weighted by Crippen LogP contribution is -2.74. The fourth-order valence-corrected chi connectivity index (χ4v) is 8.45. The molecule has 2 heterocycles. The van der Waals surface area contributed by atoms with Crippen molar-refractivity contribution in [3.8, 4) is 0 Å². The zero-order valence-corrected chi connectivity index (χ0v) is 22.7. The molecule has 3 aliphatic carbocycles. The second kappa shape index (κ2) is 8.53. The summed E-state index contributed by atoms with van der Waals surface area (Å²) in [5.74, 6) is -3.22. The maximum atomic E-state index is 14.3. The molecule has 8 atom stereocenters. The Morgan fingerprint density at radius 1 is 1.16 bits per heavy atom. The summed E-state index contributed by atoms with van der Waals surface area (Å²) in [6.45, 7) is 8.76. The molecule has 9 nitrogen and oxygen atoms in total. The Kier molecular flexibility index (Phi) is 5.98. The van der Waals surface area contributed by atoms with Crippen LogP contribution in [0.2, 0.25) is 0 Å². The molecule has 0 amide bonds. The molecule has 206 valence electrons. The number of allylic oxidation sites excluding steroid dienone is 1. The van der Waals surface area contributed by atoms with Gasteiger partial charge in [-0.05, 0) is 42.7 Å². The van der Waals surface area contributed by atoms with Crippen LogP contribution in [0.4, 0.5) is 0 Å². The van der Waals surface area contributed by atoms with Crippen molar-refractivity contribution in [1.29, 1.82) is 0 Å². The number of hydrogen-bond acceptors (Lipinski definition) is 9. The predicted octanol–water partition coefficient (Wildman–Crippen LogP) is 3.70. The van der Waals surface area contributed by atoms with Gasteiger partial charge in [0.1, 0.15) is 12.2 Å². The van der Waals surface area contributed by atoms with Crippen LogP contribution in [0, 0.1) is 34.0 Å². The van der Waals surface area contributed by atoms with Crippen LogP contribution >= 0.6 is 0 Å². The Hall–Kier alpha value is -2.94. The lowest BCUT2D eigenvalue weighted by atomic mass is 9.39. The maximum Gasteiger partial charge on any atom is 0.307 e. The van der Waals surface area contributed by atoms with Crippen molar-refractivity contribution in [3.63, 3.8) is 0 Å². The number of furan rings is 1. The number of methoxy groups -OCH3 is 1. The number of cyclic esters (lactones) is 1. The molecule has 3 fully saturated rings. The fraction of sp³-hybridized carbons (Fsp3) is 0.655. The van der Waals surface area contributed by atoms with Crippen LogP contribution in [0.3, 0.4) is 0 Å². The van der Waals surface area contributed by atoms with Gasteiger partial charge in [-0.25, -0.2) is 0 Å². The van der Waals surface area contributed by atoms with Crippen molar-refractivity contribution < 1.29 is 42.9 Å². The molecule has 0 spiro atoms. The highest BCUT2D eigenvalue weighted by atomic mass is 16.6. The van der Waals surface area contributed by atoms with E-state index < -0.39 is 57.7 Å². The average molecular weight is 529 g/mol. The Morgan fingerprint density at radius 3 is 2.47 bits per heavy atom. The monoisotopic (exact) mass is 528 g/mol. The number of fused-ring (bicyclic) bond motifs is 6. The maximum absolute atomic E-state index is 14.3. The number of Topliss-reactive ketones (excluding diaryl/α,β-unsaturated/α-hetero) is 1. The van der Waals surface area contributed by atoms with Crippen LogP contribution in [-0.4, -0.2) is 47.6 Å². The van der Waals surface area contributed by atoms with E-state index in [-0.39, 0.29) is 30.6 Å². The first kappa shape index (κ1) is 26.7. The van der Waals surface area contributed by atoms with Gasteiger partial charge in [-0.15, -0.1) is 0 Å². The third kappa shape index (κ3) is 3.46. The minimum absolute atomic E-state index is 0.0784. The van der Waals surface area contributed by atoms with E-state index in [9.17, 15) is 24.3 Å². The number of carbonyl (C=O) groups excluding carboxylic acids is 4. The van der Waals surface area contributed by atoms with Crippen LogP contribution < -0.4 is 0 Å². The van der Waals surface area contributed by atoms with Gasteiger partial charge in [0.15, 0.2) is 11.4 Å². The van der Waals surface area contributed by atoms with Crippen molar-refractivity contribution in [3.05, 3.63) is 35.8 Å². The Bertz CT molecular complexity index is 1210. The molecule has 38 heavy (non-hydrogen) atoms. The van der Waals surface area contributed by atoms with Crippen molar-refractivity contribution in [2.45, 2.75) is 78.1 Å². The number of ether oxygens (including phenoxy) is 3. The summed E-state index contributed by atoms with van der Waals surface area (Å²) in [5, 5.41) is 12.2. The number of carbonyl (C=O) groups is 4. The van der Waals surface area contributed by atoms with E-state index in [0.29, 0.717) is 12.8 Å². The summed E-state index contributed by atoms with van der Waals surface area (Å²) in [4.78, 5) is 52.1. The molecular formula is C29H36O9. The average Bonchev–Trinajstić information content (AvgIpc) is 3.38. The van der Waals surface area contributed by atoms with Gasteiger partial charge in [-0.2, -0.15) is 0 Å². The van der Waals surface area contributed by atoms with Crippen molar-refractivity contribution >= 4 is 23.7 Å². The predicted molar refractivity (Wildman–Crippen MR) is 132 cm³/mol. The topological polar surface area (TPSA) is 129 Å². The Balaban J connectivity index is 1.71. The quantitative estimate of drug-likeness (QED) is 0.353. The van der Waals surface area contributed by atoms with Gasteiger partial charge in [0.2, 0.25) is 0 Å². The molecule has 1 N–H and O–H groups in total. The zero-order chi connectivity index (χ0) is 27.8. The first-order valence-corrected chi connectivity index (χ1v) is 13.2. The summed E-state index contributed by atoms with van der Waals surface area (Å²) in [6.07, 6.45) is 4.16. The molecule has 1 aromatic rings. The van der Waals surface area contributed by atoms with Crippen molar-refractivity contribution in [2.24, 2.45) is 34.0 Å². The molecule has 1 aromatic heterocycles. The van der Waals surface area contributed by atoms with Gasteiger partial charge in [0.05, 0.1) is 26.1 Å². The Morgan fingerprint density at radius 2 is 1.87 bits per heavy atom. The van der Waals surface area contributed by atoms with Crippen LogP contribution in [0.1, 0.15) is 72.0 Å². The van der Waals surface area contributed by atoms with E-state index in [4.69, 9.17) is 18.6 Å². The number of ketones is 1. The number of hydrogen-bond donors (Lipinski definition) is 1. The van der Waals surface area contributed by atoms with Crippen LogP contribution in [0.15, 0.2) is 34.7 Å². The molecule has 1 saturated heterocycles. The van der Waals surface area contributed by atoms with Gasteiger partial charge in [-0.1, -0.05) is 33.3 Å². The second-order valence-corrected chi connectivity index (χ2v) is 12.5. The van der Waals surface area contributed by atoms with Gasteiger partial charge < -0.3 is 23.7 Å². The van der Waals surface area contributed by atoms with Crippen molar-refractivity contribution in [1.82, 2.24) is 0 Å². The fourth-order valence-electron chi connectivity index (χ4n) is 8.45. The van der Waals surface area contributed by atoms with E-state index >= 15 is 0 Å². The summed E-state index contributed by atoms with van der Waals surface area (Å²) >= 11 is 0. The minimum atomic E-state index is -2.12. The zero-order valence-electron chi connectivity index (χ0n) is 22.7. The molecule has 9 heteroatoms. The summed E-state index contributed by atoms with van der Waals surface area (Å²) < 4.78 is 21.8. The van der Waals surface area contributed by atoms with E-state index in [0.717, 1.165) is 11.1 Å². The third-order valence-corrected chi connectivity index (χ3v) is 10.2. The number of aliphatic hydroxyl groups is 1. The SMILES string of the molecule is COC(=O)C[C@H]1C(C)(C)[C@@H](OC(C)=O)[C@]2(O)C=C3[C@H]4CC(=O)O[C@@H](c5ccoc5)[C@]4(C)CC[C@@H]3[C@@]1(C)C2=O. The molecule has 2 bridgehead atoms. The highest BCUT2D eigenvalue weighted by molar-refractivity contribution is 5.99. The van der Waals surface area contributed by atoms with Gasteiger partial charge in [-0.3, -0.25) is 19.2 Å². The van der Waals surface area contributed by atoms with E-state index in [1.165, 1.54) is 20.3 Å². The molecule has 0 unspecified atom stereocenters. The number of rotatable bonds is 4.